The highest BCUT2D eigenvalue weighted by Crippen LogP contribution is 2.50. The Morgan fingerprint density at radius 3 is 2.28 bits per heavy atom. The number of non-ortho nitro benzene ring substituents is 1. The van der Waals surface area contributed by atoms with Crippen LogP contribution in [0.25, 0.3) is 0 Å². The Kier molecular flexibility index (Phi) is 4.60. The number of methoxy groups -OCH3 is 1. The summed E-state index contributed by atoms with van der Waals surface area (Å²) < 4.78 is 5.15. The number of anilines is 1. The van der Waals surface area contributed by atoms with Gasteiger partial charge in [-0.15, -0.1) is 0 Å². The number of rotatable bonds is 5. The number of ether oxygens (including phenoxy) is 1. The molecule has 4 aliphatic rings. The van der Waals surface area contributed by atoms with Crippen LogP contribution in [-0.2, 0) is 14.4 Å². The Labute approximate surface area is 166 Å². The van der Waals surface area contributed by atoms with Crippen molar-refractivity contribution in [2.45, 2.75) is 25.8 Å². The van der Waals surface area contributed by atoms with E-state index in [0.717, 1.165) is 17.7 Å². The average molecular weight is 399 g/mol. The highest BCUT2D eigenvalue weighted by Gasteiger charge is 2.58. The zero-order chi connectivity index (χ0) is 20.9. The topological polar surface area (TPSA) is 119 Å². The number of allylic oxidation sites excluding steroid dienone is 2. The van der Waals surface area contributed by atoms with Crippen LogP contribution in [0.15, 0.2) is 30.4 Å². The van der Waals surface area contributed by atoms with Crippen LogP contribution in [0.1, 0.15) is 19.8 Å². The number of hydrogen-bond donors (Lipinski definition) is 1. The summed E-state index contributed by atoms with van der Waals surface area (Å²) in [6, 6.07) is 2.78. The molecule has 2 fully saturated rings. The van der Waals surface area contributed by atoms with Crippen molar-refractivity contribution in [1.82, 2.24) is 4.90 Å². The second-order valence-corrected chi connectivity index (χ2v) is 7.69. The SMILES string of the molecule is COc1ccc([N+](=O)[O-])cc1NC(=O)[C@H](C)N1C(=O)[C@H]2[C@H](C1=O)[C@H]1C=C[C@H]2CC1. The van der Waals surface area contributed by atoms with Crippen LogP contribution in [0.5, 0.6) is 5.75 Å². The van der Waals surface area contributed by atoms with Crippen molar-refractivity contribution in [3.8, 4) is 5.75 Å². The average Bonchev–Trinajstić information content (AvgIpc) is 3.00. The first kappa shape index (κ1) is 19.1. The largest absolute Gasteiger partial charge is 0.495 e. The Balaban J connectivity index is 1.56. The Hall–Kier alpha value is -3.23. The maximum Gasteiger partial charge on any atom is 0.271 e. The number of nitrogens with one attached hydrogen (secondary N) is 1. The number of imide groups is 1. The summed E-state index contributed by atoms with van der Waals surface area (Å²) in [4.78, 5) is 50.3. The van der Waals surface area contributed by atoms with Crippen LogP contribution in [0.4, 0.5) is 11.4 Å². The van der Waals surface area contributed by atoms with Crippen molar-refractivity contribution >= 4 is 29.1 Å². The van der Waals surface area contributed by atoms with Gasteiger partial charge in [0.1, 0.15) is 11.8 Å². The molecule has 1 saturated heterocycles. The predicted molar refractivity (Wildman–Crippen MR) is 102 cm³/mol. The van der Waals surface area contributed by atoms with Gasteiger partial charge in [0.25, 0.3) is 5.69 Å². The fraction of sp³-hybridized carbons (Fsp3) is 0.450. The van der Waals surface area contributed by atoms with Crippen molar-refractivity contribution in [2.24, 2.45) is 23.7 Å². The maximum atomic E-state index is 13.0. The molecule has 9 nitrogen and oxygen atoms in total. The van der Waals surface area contributed by atoms with E-state index in [9.17, 15) is 24.5 Å². The number of carbonyl (C=O) groups excluding carboxylic acids is 3. The van der Waals surface area contributed by atoms with Crippen LogP contribution >= 0.6 is 0 Å². The number of likely N-dealkylation sites (tertiary alicyclic amines) is 1. The fourth-order valence-electron chi connectivity index (χ4n) is 4.74. The van der Waals surface area contributed by atoms with E-state index in [1.807, 2.05) is 12.2 Å². The zero-order valence-corrected chi connectivity index (χ0v) is 16.0. The van der Waals surface area contributed by atoms with E-state index in [0.29, 0.717) is 0 Å². The van der Waals surface area contributed by atoms with Gasteiger partial charge in [0.05, 0.1) is 29.6 Å². The number of amides is 3. The molecule has 0 unspecified atom stereocenters. The van der Waals surface area contributed by atoms with Gasteiger partial charge in [-0.2, -0.15) is 0 Å². The standard InChI is InChI=1S/C20H21N3O6/c1-10(18(24)21-14-9-13(23(27)28)7-8-15(14)29-2)22-19(25)16-11-3-4-12(6-5-11)17(16)20(22)26/h3-4,7-12,16-17H,5-6H2,1-2H3,(H,21,24)/t10-,11-,12-,16+,17+/m0/s1. The van der Waals surface area contributed by atoms with Gasteiger partial charge >= 0.3 is 0 Å². The minimum absolute atomic E-state index is 0.0404. The van der Waals surface area contributed by atoms with Gasteiger partial charge in [-0.05, 0) is 37.7 Å². The van der Waals surface area contributed by atoms with E-state index in [4.69, 9.17) is 4.74 Å². The maximum absolute atomic E-state index is 13.0. The Bertz CT molecular complexity index is 910. The van der Waals surface area contributed by atoms with Crippen LogP contribution < -0.4 is 10.1 Å². The van der Waals surface area contributed by atoms with E-state index in [2.05, 4.69) is 5.32 Å². The van der Waals surface area contributed by atoms with Crippen LogP contribution in [0.3, 0.4) is 0 Å². The van der Waals surface area contributed by atoms with Gasteiger partial charge in [-0.3, -0.25) is 29.4 Å². The number of nitrogens with zero attached hydrogens (tertiary/aromatic N) is 2. The van der Waals surface area contributed by atoms with Crippen LogP contribution in [-0.4, -0.2) is 40.7 Å². The number of fused-ring (bicyclic) bond motifs is 1. The molecule has 1 heterocycles. The lowest BCUT2D eigenvalue weighted by Gasteiger charge is -2.38. The third-order valence-electron chi connectivity index (χ3n) is 6.21. The highest BCUT2D eigenvalue weighted by molar-refractivity contribution is 6.10. The summed E-state index contributed by atoms with van der Waals surface area (Å²) >= 11 is 0. The summed E-state index contributed by atoms with van der Waals surface area (Å²) in [6.07, 6.45) is 5.78. The molecule has 3 amide bonds. The van der Waals surface area contributed by atoms with Gasteiger partial charge in [0, 0.05) is 12.1 Å². The fourth-order valence-corrected chi connectivity index (χ4v) is 4.74. The van der Waals surface area contributed by atoms with Gasteiger partial charge in [0.15, 0.2) is 0 Å². The molecule has 9 heteroatoms. The third-order valence-corrected chi connectivity index (χ3v) is 6.21. The van der Waals surface area contributed by atoms with Gasteiger partial charge in [-0.25, -0.2) is 0 Å². The van der Waals surface area contributed by atoms with E-state index in [1.165, 1.54) is 32.2 Å². The van der Waals surface area contributed by atoms with Crippen molar-refractivity contribution in [2.75, 3.05) is 12.4 Å². The molecule has 0 aromatic heterocycles. The molecule has 5 atom stereocenters. The van der Waals surface area contributed by atoms with Crippen LogP contribution in [0, 0.1) is 33.8 Å². The number of nitro groups is 1. The minimum Gasteiger partial charge on any atom is -0.495 e. The smallest absolute Gasteiger partial charge is 0.271 e. The number of nitro benzene ring substituents is 1. The summed E-state index contributed by atoms with van der Waals surface area (Å²) in [6.45, 7) is 1.49. The lowest BCUT2D eigenvalue weighted by molar-refractivity contribution is -0.384. The second kappa shape index (κ2) is 6.98. The zero-order valence-electron chi connectivity index (χ0n) is 16.0. The first-order valence-corrected chi connectivity index (χ1v) is 9.52. The van der Waals surface area contributed by atoms with Crippen molar-refractivity contribution in [3.63, 3.8) is 0 Å². The molecular formula is C20H21N3O6. The monoisotopic (exact) mass is 399 g/mol. The molecular weight excluding hydrogens is 378 g/mol. The molecule has 1 saturated carbocycles. The lowest BCUT2D eigenvalue weighted by atomic mass is 9.63. The third kappa shape index (κ3) is 2.97. The van der Waals surface area contributed by atoms with Crippen molar-refractivity contribution in [3.05, 3.63) is 40.5 Å². The minimum atomic E-state index is -1.04. The molecule has 152 valence electrons. The molecule has 1 N–H and O–H groups in total. The Morgan fingerprint density at radius 2 is 1.79 bits per heavy atom. The summed E-state index contributed by atoms with van der Waals surface area (Å²) in [5.74, 6) is -1.70. The Morgan fingerprint density at radius 1 is 1.21 bits per heavy atom. The van der Waals surface area contributed by atoms with Gasteiger partial charge in [-0.1, -0.05) is 12.2 Å². The summed E-state index contributed by atoms with van der Waals surface area (Å²) in [5.41, 5.74) is -0.104. The van der Waals surface area contributed by atoms with E-state index in [-0.39, 0.29) is 40.8 Å². The molecule has 1 aromatic rings. The van der Waals surface area contributed by atoms with E-state index >= 15 is 0 Å². The first-order valence-electron chi connectivity index (χ1n) is 9.52. The second-order valence-electron chi connectivity index (χ2n) is 7.69. The van der Waals surface area contributed by atoms with Crippen molar-refractivity contribution < 1.29 is 24.0 Å². The predicted octanol–water partition coefficient (Wildman–Crippen LogP) is 2.13. The van der Waals surface area contributed by atoms with E-state index in [1.54, 1.807) is 0 Å². The molecule has 29 heavy (non-hydrogen) atoms. The normalized spacial score (nSPS) is 28.3. The number of benzene rings is 1. The molecule has 0 spiro atoms. The van der Waals surface area contributed by atoms with Gasteiger partial charge in [0.2, 0.25) is 17.7 Å². The molecule has 3 aliphatic carbocycles. The number of carbonyl (C=O) groups is 3. The highest BCUT2D eigenvalue weighted by atomic mass is 16.6. The quantitative estimate of drug-likeness (QED) is 0.351. The molecule has 5 rings (SSSR count). The van der Waals surface area contributed by atoms with E-state index < -0.39 is 28.7 Å². The summed E-state index contributed by atoms with van der Waals surface area (Å²) in [7, 11) is 1.38. The number of hydrogen-bond acceptors (Lipinski definition) is 6. The molecule has 1 aliphatic heterocycles. The van der Waals surface area contributed by atoms with Crippen molar-refractivity contribution in [1.29, 1.82) is 0 Å². The van der Waals surface area contributed by atoms with Gasteiger partial charge < -0.3 is 10.1 Å². The van der Waals surface area contributed by atoms with Crippen LogP contribution in [0.2, 0.25) is 0 Å². The molecule has 0 radical (unpaired) electrons. The molecule has 1 aromatic carbocycles. The first-order chi connectivity index (χ1) is 13.8. The molecule has 2 bridgehead atoms. The lowest BCUT2D eigenvalue weighted by Crippen LogP contribution is -2.46. The summed E-state index contributed by atoms with van der Waals surface area (Å²) in [5, 5.41) is 13.6.